The Hall–Kier alpha value is -2.89. The van der Waals surface area contributed by atoms with Crippen LogP contribution in [0.4, 0.5) is 24.9 Å². The highest BCUT2D eigenvalue weighted by Crippen LogP contribution is 2.39. The van der Waals surface area contributed by atoms with Crippen LogP contribution in [0.3, 0.4) is 0 Å². The average Bonchev–Trinajstić information content (AvgIpc) is 3.32. The summed E-state index contributed by atoms with van der Waals surface area (Å²) >= 11 is 12.8. The molecule has 0 saturated carbocycles. The lowest BCUT2D eigenvalue weighted by Gasteiger charge is -2.34. The van der Waals surface area contributed by atoms with Gasteiger partial charge in [0, 0.05) is 64.8 Å². The van der Waals surface area contributed by atoms with Crippen LogP contribution in [0.25, 0.3) is 28.2 Å². The summed E-state index contributed by atoms with van der Waals surface area (Å²) in [5, 5.41) is 1.06. The number of fused-ring (bicyclic) bond motifs is 1. The monoisotopic (exact) mass is 608 g/mol. The normalized spacial score (nSPS) is 17.6. The summed E-state index contributed by atoms with van der Waals surface area (Å²) in [6, 6.07) is 14.6. The second-order valence-electron chi connectivity index (χ2n) is 9.88. The van der Waals surface area contributed by atoms with Crippen molar-refractivity contribution in [3.63, 3.8) is 0 Å². The molecule has 0 N–H and O–H groups in total. The van der Waals surface area contributed by atoms with E-state index in [1.165, 1.54) is 0 Å². The summed E-state index contributed by atoms with van der Waals surface area (Å²) in [5.41, 5.74) is 2.39. The Bertz CT molecular complexity index is 1560. The molecule has 4 aromatic rings. The Kier molecular flexibility index (Phi) is 7.39. The molecule has 210 valence electrons. The second kappa shape index (κ2) is 10.8. The number of imidazole rings is 1. The van der Waals surface area contributed by atoms with Crippen molar-refractivity contribution in [2.45, 2.75) is 19.0 Å². The first kappa shape index (κ1) is 27.3. The van der Waals surface area contributed by atoms with Gasteiger partial charge in [0.05, 0.1) is 10.9 Å². The molecule has 0 spiro atoms. The van der Waals surface area contributed by atoms with E-state index in [9.17, 15) is 17.4 Å². The standard InChI is InChI=1S/C27H25Cl2F3N6OS/c28-18-5-7-19(8-6-18)38-23(20-3-1-2-4-21(20)29)33-22-24(36-11-9-17(10-12-36)27(30,31)32)34-26(35-25(22)38)37-13-15-40(39)16-14-37/h1-8,17H,9-16H2. The van der Waals surface area contributed by atoms with Gasteiger partial charge in [-0.15, -0.1) is 0 Å². The van der Waals surface area contributed by atoms with Gasteiger partial charge in [-0.3, -0.25) is 8.78 Å². The van der Waals surface area contributed by atoms with E-state index in [0.29, 0.717) is 69.0 Å². The summed E-state index contributed by atoms with van der Waals surface area (Å²) in [4.78, 5) is 18.6. The molecule has 2 aliphatic rings. The van der Waals surface area contributed by atoms with Gasteiger partial charge in [0.1, 0.15) is 5.82 Å². The fraction of sp³-hybridized carbons (Fsp3) is 0.370. The smallest absolute Gasteiger partial charge is 0.355 e. The maximum absolute atomic E-state index is 13.4. The van der Waals surface area contributed by atoms with Crippen LogP contribution in [-0.4, -0.2) is 67.6 Å². The highest BCUT2D eigenvalue weighted by atomic mass is 35.5. The van der Waals surface area contributed by atoms with Gasteiger partial charge in [-0.25, -0.2) is 4.98 Å². The second-order valence-corrected chi connectivity index (χ2v) is 12.4. The van der Waals surface area contributed by atoms with Gasteiger partial charge < -0.3 is 9.80 Å². The zero-order valence-electron chi connectivity index (χ0n) is 21.2. The number of halogens is 5. The molecule has 0 bridgehead atoms. The Morgan fingerprint density at radius 3 is 2.17 bits per heavy atom. The Morgan fingerprint density at radius 1 is 0.850 bits per heavy atom. The minimum Gasteiger partial charge on any atom is -0.355 e. The first-order chi connectivity index (χ1) is 19.2. The fourth-order valence-corrected chi connectivity index (χ4v) is 6.61. The molecule has 4 heterocycles. The molecule has 0 aliphatic carbocycles. The molecule has 0 amide bonds. The number of alkyl halides is 3. The van der Waals surface area contributed by atoms with Crippen LogP contribution in [0.5, 0.6) is 0 Å². The van der Waals surface area contributed by atoms with E-state index in [-0.39, 0.29) is 25.9 Å². The highest BCUT2D eigenvalue weighted by molar-refractivity contribution is 7.85. The molecule has 2 saturated heterocycles. The molecule has 2 aromatic carbocycles. The van der Waals surface area contributed by atoms with E-state index in [2.05, 4.69) is 0 Å². The number of hydrogen-bond donors (Lipinski definition) is 0. The predicted molar refractivity (Wildman–Crippen MR) is 153 cm³/mol. The number of aromatic nitrogens is 4. The van der Waals surface area contributed by atoms with Gasteiger partial charge in [-0.2, -0.15) is 23.1 Å². The SMILES string of the molecule is O=S1CCN(c2nc(N3CCC(C(F)(F)F)CC3)c3nc(-c4ccccc4Cl)n(-c4ccc(Cl)cc4)c3n2)CC1. The molecule has 6 rings (SSSR count). The maximum atomic E-state index is 13.4. The molecule has 13 heteroatoms. The number of rotatable bonds is 4. The van der Waals surface area contributed by atoms with Crippen molar-refractivity contribution in [1.82, 2.24) is 19.5 Å². The molecule has 0 radical (unpaired) electrons. The first-order valence-corrected chi connectivity index (χ1v) is 15.2. The van der Waals surface area contributed by atoms with Crippen LogP contribution in [0.15, 0.2) is 48.5 Å². The largest absolute Gasteiger partial charge is 0.391 e. The van der Waals surface area contributed by atoms with Crippen molar-refractivity contribution < 1.29 is 17.4 Å². The first-order valence-electron chi connectivity index (χ1n) is 12.9. The van der Waals surface area contributed by atoms with E-state index < -0.39 is 22.9 Å². The summed E-state index contributed by atoms with van der Waals surface area (Å²) < 4.78 is 54.3. The third-order valence-electron chi connectivity index (χ3n) is 7.39. The number of anilines is 2. The van der Waals surface area contributed by atoms with Gasteiger partial charge in [-0.05, 0) is 49.2 Å². The van der Waals surface area contributed by atoms with E-state index >= 15 is 0 Å². The lowest BCUT2D eigenvalue weighted by Crippen LogP contribution is -2.41. The van der Waals surface area contributed by atoms with Crippen LogP contribution in [0, 0.1) is 5.92 Å². The molecule has 2 fully saturated rings. The Balaban J connectivity index is 1.56. The Labute approximate surface area is 241 Å². The average molecular weight is 610 g/mol. The molecular formula is C27H25Cl2F3N6OS. The van der Waals surface area contributed by atoms with E-state index in [0.717, 1.165) is 5.69 Å². The lowest BCUT2D eigenvalue weighted by atomic mass is 9.96. The summed E-state index contributed by atoms with van der Waals surface area (Å²) in [6.45, 7) is 1.41. The number of nitrogens with zero attached hydrogens (tertiary/aromatic N) is 6. The zero-order valence-corrected chi connectivity index (χ0v) is 23.6. The maximum Gasteiger partial charge on any atom is 0.391 e. The molecule has 2 aliphatic heterocycles. The van der Waals surface area contributed by atoms with Gasteiger partial charge in [0.25, 0.3) is 0 Å². The highest BCUT2D eigenvalue weighted by Gasteiger charge is 2.41. The van der Waals surface area contributed by atoms with Crippen molar-refractivity contribution >= 4 is 56.9 Å². The number of benzene rings is 2. The van der Waals surface area contributed by atoms with Gasteiger partial charge >= 0.3 is 6.18 Å². The van der Waals surface area contributed by atoms with E-state index in [1.54, 1.807) is 18.2 Å². The molecule has 2 aromatic heterocycles. The topological polar surface area (TPSA) is 67.2 Å². The lowest BCUT2D eigenvalue weighted by molar-refractivity contribution is -0.179. The van der Waals surface area contributed by atoms with Gasteiger partial charge in [0.15, 0.2) is 17.0 Å². The van der Waals surface area contributed by atoms with Crippen molar-refractivity contribution in [3.05, 3.63) is 58.6 Å². The molecule has 0 atom stereocenters. The molecule has 7 nitrogen and oxygen atoms in total. The molecule has 0 unspecified atom stereocenters. The molecule has 40 heavy (non-hydrogen) atoms. The van der Waals surface area contributed by atoms with Crippen LogP contribution in [-0.2, 0) is 10.8 Å². The van der Waals surface area contributed by atoms with Crippen molar-refractivity contribution in [1.29, 1.82) is 0 Å². The van der Waals surface area contributed by atoms with Crippen molar-refractivity contribution in [2.24, 2.45) is 5.92 Å². The van der Waals surface area contributed by atoms with Crippen LogP contribution in [0.1, 0.15) is 12.8 Å². The van der Waals surface area contributed by atoms with E-state index in [4.69, 9.17) is 38.2 Å². The van der Waals surface area contributed by atoms with Gasteiger partial charge in [0.2, 0.25) is 5.95 Å². The minimum absolute atomic E-state index is 0.0255. The zero-order chi connectivity index (χ0) is 28.0. The third-order valence-corrected chi connectivity index (χ3v) is 9.25. The van der Waals surface area contributed by atoms with Crippen molar-refractivity contribution in [3.8, 4) is 17.1 Å². The van der Waals surface area contributed by atoms with Crippen LogP contribution < -0.4 is 9.80 Å². The fourth-order valence-electron chi connectivity index (χ4n) is 5.21. The summed E-state index contributed by atoms with van der Waals surface area (Å²) in [5.74, 6) is 1.08. The predicted octanol–water partition coefficient (Wildman–Crippen LogP) is 6.14. The summed E-state index contributed by atoms with van der Waals surface area (Å²) in [7, 11) is -0.903. The quantitative estimate of drug-likeness (QED) is 0.277. The van der Waals surface area contributed by atoms with Gasteiger partial charge in [-0.1, -0.05) is 35.3 Å². The van der Waals surface area contributed by atoms with Crippen LogP contribution >= 0.6 is 23.2 Å². The third kappa shape index (κ3) is 5.26. The molecular weight excluding hydrogens is 584 g/mol. The number of hydrogen-bond acceptors (Lipinski definition) is 6. The Morgan fingerprint density at radius 2 is 1.52 bits per heavy atom. The summed E-state index contributed by atoms with van der Waals surface area (Å²) in [6.07, 6.45) is -4.28. The van der Waals surface area contributed by atoms with Crippen molar-refractivity contribution in [2.75, 3.05) is 47.5 Å². The van der Waals surface area contributed by atoms with Crippen LogP contribution in [0.2, 0.25) is 10.0 Å². The van der Waals surface area contributed by atoms with E-state index in [1.807, 2.05) is 44.7 Å². The minimum atomic E-state index is -4.23. The number of piperidine rings is 1.